The van der Waals surface area contributed by atoms with Crippen LogP contribution in [0, 0.1) is 5.41 Å². The van der Waals surface area contributed by atoms with Gasteiger partial charge in [-0.05, 0) is 34.2 Å². The van der Waals surface area contributed by atoms with Crippen molar-refractivity contribution in [2.24, 2.45) is 5.41 Å². The first-order valence-corrected chi connectivity index (χ1v) is 5.85. The molecule has 0 aliphatic carbocycles. The molecule has 16 heavy (non-hydrogen) atoms. The van der Waals surface area contributed by atoms with Gasteiger partial charge in [0, 0.05) is 13.1 Å². The van der Waals surface area contributed by atoms with E-state index >= 15 is 0 Å². The molecule has 1 unspecified atom stereocenters. The zero-order valence-corrected chi connectivity index (χ0v) is 11.1. The number of carbonyl (C=O) groups is 1. The molecule has 1 atom stereocenters. The maximum absolute atomic E-state index is 11.1. The van der Waals surface area contributed by atoms with Crippen molar-refractivity contribution in [2.75, 3.05) is 26.7 Å². The molecule has 96 valence electrons. The highest BCUT2D eigenvalue weighted by Crippen LogP contribution is 2.22. The van der Waals surface area contributed by atoms with Crippen LogP contribution in [0.2, 0.25) is 0 Å². The zero-order valence-electron chi connectivity index (χ0n) is 11.1. The standard InChI is InChI=1S/C12H25NO3/c1-6-12(4,11(14)15)9-13(5)7-8-16-10(2)3/h10H,6-9H2,1-5H3,(H,14,15). The zero-order chi connectivity index (χ0) is 12.8. The molecule has 0 bridgehead atoms. The Hall–Kier alpha value is -0.610. The van der Waals surface area contributed by atoms with E-state index in [-0.39, 0.29) is 6.10 Å². The van der Waals surface area contributed by atoms with Gasteiger partial charge in [0.05, 0.1) is 18.1 Å². The number of hydrogen-bond donors (Lipinski definition) is 1. The Balaban J connectivity index is 4.02. The van der Waals surface area contributed by atoms with Crippen molar-refractivity contribution in [2.45, 2.75) is 40.2 Å². The second kappa shape index (κ2) is 6.86. The predicted octanol–water partition coefficient (Wildman–Crippen LogP) is 1.84. The number of aliphatic carboxylic acids is 1. The van der Waals surface area contributed by atoms with Crippen molar-refractivity contribution in [1.29, 1.82) is 0 Å². The van der Waals surface area contributed by atoms with Crippen molar-refractivity contribution in [1.82, 2.24) is 4.90 Å². The smallest absolute Gasteiger partial charge is 0.310 e. The Morgan fingerprint density at radius 1 is 1.50 bits per heavy atom. The summed E-state index contributed by atoms with van der Waals surface area (Å²) >= 11 is 0. The molecule has 0 rings (SSSR count). The minimum Gasteiger partial charge on any atom is -0.481 e. The van der Waals surface area contributed by atoms with E-state index in [4.69, 9.17) is 9.84 Å². The van der Waals surface area contributed by atoms with E-state index in [0.717, 1.165) is 6.54 Å². The minimum absolute atomic E-state index is 0.227. The number of carboxylic acids is 1. The fourth-order valence-electron chi connectivity index (χ4n) is 1.45. The number of nitrogens with zero attached hydrogens (tertiary/aromatic N) is 1. The second-order valence-electron chi connectivity index (χ2n) is 4.88. The summed E-state index contributed by atoms with van der Waals surface area (Å²) in [5.41, 5.74) is -0.660. The van der Waals surface area contributed by atoms with Gasteiger partial charge in [0.25, 0.3) is 0 Å². The number of ether oxygens (including phenoxy) is 1. The molecule has 0 saturated heterocycles. The molecule has 0 aliphatic heterocycles. The molecule has 0 heterocycles. The van der Waals surface area contributed by atoms with Gasteiger partial charge in [-0.3, -0.25) is 4.79 Å². The molecule has 4 heteroatoms. The number of likely N-dealkylation sites (N-methyl/N-ethyl adjacent to an activating group) is 1. The Morgan fingerprint density at radius 3 is 2.44 bits per heavy atom. The lowest BCUT2D eigenvalue weighted by Crippen LogP contribution is -2.40. The van der Waals surface area contributed by atoms with Crippen LogP contribution in [0.1, 0.15) is 34.1 Å². The van der Waals surface area contributed by atoms with Crippen LogP contribution in [0.25, 0.3) is 0 Å². The molecule has 0 spiro atoms. The van der Waals surface area contributed by atoms with Crippen LogP contribution in [0.15, 0.2) is 0 Å². The second-order valence-corrected chi connectivity index (χ2v) is 4.88. The van der Waals surface area contributed by atoms with Gasteiger partial charge in [0.2, 0.25) is 0 Å². The van der Waals surface area contributed by atoms with Gasteiger partial charge in [0.15, 0.2) is 0 Å². The first-order chi connectivity index (χ1) is 7.31. The lowest BCUT2D eigenvalue weighted by atomic mass is 9.87. The largest absolute Gasteiger partial charge is 0.481 e. The van der Waals surface area contributed by atoms with Gasteiger partial charge in [-0.25, -0.2) is 0 Å². The summed E-state index contributed by atoms with van der Waals surface area (Å²) in [7, 11) is 1.93. The number of carboxylic acid groups (broad SMARTS) is 1. The summed E-state index contributed by atoms with van der Waals surface area (Å²) in [6.45, 7) is 9.65. The Bertz CT molecular complexity index is 218. The van der Waals surface area contributed by atoms with Crippen LogP contribution < -0.4 is 0 Å². The molecule has 0 radical (unpaired) electrons. The highest BCUT2D eigenvalue weighted by atomic mass is 16.5. The van der Waals surface area contributed by atoms with E-state index in [0.29, 0.717) is 19.6 Å². The van der Waals surface area contributed by atoms with Crippen LogP contribution in [-0.2, 0) is 9.53 Å². The first-order valence-electron chi connectivity index (χ1n) is 5.85. The van der Waals surface area contributed by atoms with E-state index in [1.165, 1.54) is 0 Å². The van der Waals surface area contributed by atoms with Crippen LogP contribution >= 0.6 is 0 Å². The van der Waals surface area contributed by atoms with Crippen molar-refractivity contribution in [3.05, 3.63) is 0 Å². The third kappa shape index (κ3) is 5.47. The first kappa shape index (κ1) is 15.4. The molecule has 0 aromatic heterocycles. The minimum atomic E-state index is -0.730. The summed E-state index contributed by atoms with van der Waals surface area (Å²) in [6, 6.07) is 0. The predicted molar refractivity (Wildman–Crippen MR) is 64.6 cm³/mol. The molecule has 4 nitrogen and oxygen atoms in total. The average molecular weight is 231 g/mol. The van der Waals surface area contributed by atoms with Crippen LogP contribution in [0.4, 0.5) is 0 Å². The lowest BCUT2D eigenvalue weighted by Gasteiger charge is -2.29. The molecule has 0 saturated carbocycles. The van der Waals surface area contributed by atoms with Crippen LogP contribution in [0.3, 0.4) is 0 Å². The molecule has 1 N–H and O–H groups in total. The van der Waals surface area contributed by atoms with Gasteiger partial charge < -0.3 is 14.7 Å². The molecule has 0 aromatic rings. The van der Waals surface area contributed by atoms with Gasteiger partial charge in [0.1, 0.15) is 0 Å². The van der Waals surface area contributed by atoms with Gasteiger partial charge in [-0.2, -0.15) is 0 Å². The van der Waals surface area contributed by atoms with Crippen molar-refractivity contribution >= 4 is 5.97 Å². The molecule has 0 amide bonds. The molecule has 0 aliphatic rings. The fraction of sp³-hybridized carbons (Fsp3) is 0.917. The molecule has 0 fully saturated rings. The summed E-state index contributed by atoms with van der Waals surface area (Å²) in [5, 5.41) is 9.14. The van der Waals surface area contributed by atoms with Crippen LogP contribution in [0.5, 0.6) is 0 Å². The van der Waals surface area contributed by atoms with Gasteiger partial charge in [-0.15, -0.1) is 0 Å². The monoisotopic (exact) mass is 231 g/mol. The Morgan fingerprint density at radius 2 is 2.06 bits per heavy atom. The normalized spacial score (nSPS) is 15.4. The topological polar surface area (TPSA) is 49.8 Å². The lowest BCUT2D eigenvalue weighted by molar-refractivity contribution is -0.149. The Labute approximate surface area is 98.6 Å². The van der Waals surface area contributed by atoms with E-state index in [2.05, 4.69) is 0 Å². The van der Waals surface area contributed by atoms with Crippen molar-refractivity contribution < 1.29 is 14.6 Å². The number of hydrogen-bond acceptors (Lipinski definition) is 3. The number of rotatable bonds is 8. The van der Waals surface area contributed by atoms with Gasteiger partial charge in [-0.1, -0.05) is 6.92 Å². The quantitative estimate of drug-likeness (QED) is 0.692. The highest BCUT2D eigenvalue weighted by molar-refractivity contribution is 5.74. The van der Waals surface area contributed by atoms with Crippen molar-refractivity contribution in [3.63, 3.8) is 0 Å². The van der Waals surface area contributed by atoms with E-state index in [1.54, 1.807) is 6.92 Å². The average Bonchev–Trinajstić information content (AvgIpc) is 2.16. The third-order valence-electron chi connectivity index (χ3n) is 2.84. The summed E-state index contributed by atoms with van der Waals surface area (Å²) in [5.74, 6) is -0.730. The summed E-state index contributed by atoms with van der Waals surface area (Å²) in [6.07, 6.45) is 0.864. The van der Waals surface area contributed by atoms with Gasteiger partial charge >= 0.3 is 5.97 Å². The fourth-order valence-corrected chi connectivity index (χ4v) is 1.45. The Kier molecular flexibility index (Phi) is 6.60. The van der Waals surface area contributed by atoms with E-state index < -0.39 is 11.4 Å². The molecular formula is C12H25NO3. The van der Waals surface area contributed by atoms with Crippen LogP contribution in [-0.4, -0.2) is 48.8 Å². The summed E-state index contributed by atoms with van der Waals surface area (Å²) in [4.78, 5) is 13.1. The highest BCUT2D eigenvalue weighted by Gasteiger charge is 2.32. The van der Waals surface area contributed by atoms with E-state index in [9.17, 15) is 4.79 Å². The maximum atomic E-state index is 11.1. The molecule has 0 aromatic carbocycles. The third-order valence-corrected chi connectivity index (χ3v) is 2.84. The molecular weight excluding hydrogens is 206 g/mol. The van der Waals surface area contributed by atoms with Crippen molar-refractivity contribution in [3.8, 4) is 0 Å². The summed E-state index contributed by atoms with van der Waals surface area (Å²) < 4.78 is 5.43. The SMILES string of the molecule is CCC(C)(CN(C)CCOC(C)C)C(=O)O. The van der Waals surface area contributed by atoms with E-state index in [1.807, 2.05) is 32.7 Å². The maximum Gasteiger partial charge on any atom is 0.310 e.